The molecule has 5 heteroatoms. The van der Waals surface area contributed by atoms with E-state index in [4.69, 9.17) is 28.9 Å². The quantitative estimate of drug-likeness (QED) is 0.843. The third-order valence-corrected chi connectivity index (χ3v) is 3.59. The molecule has 88 valence electrons. The van der Waals surface area contributed by atoms with Gasteiger partial charge in [0.2, 0.25) is 0 Å². The Bertz CT molecular complexity index is 383. The van der Waals surface area contributed by atoms with Gasteiger partial charge < -0.3 is 10.6 Å². The van der Waals surface area contributed by atoms with Gasteiger partial charge in [-0.2, -0.15) is 0 Å². The molecule has 2 N–H and O–H groups in total. The molecule has 1 aliphatic rings. The molecule has 0 aliphatic carbocycles. The fraction of sp³-hybridized carbons (Fsp3) is 0.545. The lowest BCUT2D eigenvalue weighted by Gasteiger charge is -2.36. The summed E-state index contributed by atoms with van der Waals surface area (Å²) in [6.45, 7) is 3.93. The number of nitrogens with two attached hydrogens (primary N) is 1. The van der Waals surface area contributed by atoms with Crippen LogP contribution < -0.4 is 10.6 Å². The maximum absolute atomic E-state index is 6.12. The lowest BCUT2D eigenvalue weighted by molar-refractivity contribution is 0.378. The predicted molar refractivity (Wildman–Crippen MR) is 68.2 cm³/mol. The number of nitrogens with zero attached hydrogens (tertiary/aromatic N) is 2. The van der Waals surface area contributed by atoms with Crippen molar-refractivity contribution in [1.82, 2.24) is 4.98 Å². The van der Waals surface area contributed by atoms with Crippen LogP contribution in [-0.2, 0) is 0 Å². The van der Waals surface area contributed by atoms with Crippen molar-refractivity contribution in [2.75, 3.05) is 18.0 Å². The molecular formula is C11H15Cl2N3. The summed E-state index contributed by atoms with van der Waals surface area (Å²) < 4.78 is 0. The first-order valence-electron chi connectivity index (χ1n) is 5.39. The van der Waals surface area contributed by atoms with Gasteiger partial charge in [0, 0.05) is 25.3 Å². The van der Waals surface area contributed by atoms with Crippen LogP contribution in [0, 0.1) is 5.92 Å². The molecule has 1 aromatic rings. The first-order valence-corrected chi connectivity index (χ1v) is 6.15. The molecule has 2 heterocycles. The van der Waals surface area contributed by atoms with Crippen LogP contribution in [0.5, 0.6) is 0 Å². The number of halogens is 2. The Balaban J connectivity index is 2.18. The van der Waals surface area contributed by atoms with E-state index in [9.17, 15) is 0 Å². The van der Waals surface area contributed by atoms with Crippen molar-refractivity contribution in [3.05, 3.63) is 22.3 Å². The van der Waals surface area contributed by atoms with Crippen molar-refractivity contribution in [1.29, 1.82) is 0 Å². The first kappa shape index (κ1) is 12.0. The normalized spacial score (nSPS) is 25.9. The van der Waals surface area contributed by atoms with Gasteiger partial charge in [0.25, 0.3) is 0 Å². The molecule has 16 heavy (non-hydrogen) atoms. The molecular weight excluding hydrogens is 245 g/mol. The third kappa shape index (κ3) is 2.42. The van der Waals surface area contributed by atoms with Crippen molar-refractivity contribution < 1.29 is 0 Å². The van der Waals surface area contributed by atoms with Gasteiger partial charge >= 0.3 is 0 Å². The average Bonchev–Trinajstić information content (AvgIpc) is 2.22. The molecule has 0 aromatic carbocycles. The zero-order valence-corrected chi connectivity index (χ0v) is 10.7. The molecule has 1 aromatic heterocycles. The predicted octanol–water partition coefficient (Wildman–Crippen LogP) is 2.56. The summed E-state index contributed by atoms with van der Waals surface area (Å²) in [4.78, 5) is 6.40. The first-order chi connectivity index (χ1) is 7.58. The Morgan fingerprint density at radius 3 is 2.88 bits per heavy atom. The van der Waals surface area contributed by atoms with E-state index < -0.39 is 0 Å². The SMILES string of the molecule is CC1CCN(c2ncc(Cl)cc2Cl)CC1N. The molecule has 1 aliphatic heterocycles. The maximum atomic E-state index is 6.12. The van der Waals surface area contributed by atoms with Gasteiger partial charge in [-0.05, 0) is 18.4 Å². The van der Waals surface area contributed by atoms with Crippen LogP contribution >= 0.6 is 23.2 Å². The van der Waals surface area contributed by atoms with Gasteiger partial charge in [-0.15, -0.1) is 0 Å². The number of aromatic nitrogens is 1. The number of hydrogen-bond donors (Lipinski definition) is 1. The van der Waals surface area contributed by atoms with Crippen molar-refractivity contribution >= 4 is 29.0 Å². The molecule has 2 rings (SSSR count). The van der Waals surface area contributed by atoms with E-state index in [1.165, 1.54) is 0 Å². The second-order valence-corrected chi connectivity index (χ2v) is 5.18. The van der Waals surface area contributed by atoms with E-state index in [-0.39, 0.29) is 6.04 Å². The molecule has 0 spiro atoms. The summed E-state index contributed by atoms with van der Waals surface area (Å²) in [5, 5.41) is 1.15. The van der Waals surface area contributed by atoms with Gasteiger partial charge in [-0.1, -0.05) is 30.1 Å². The highest BCUT2D eigenvalue weighted by molar-refractivity contribution is 6.36. The fourth-order valence-corrected chi connectivity index (χ4v) is 2.43. The smallest absolute Gasteiger partial charge is 0.147 e. The Morgan fingerprint density at radius 1 is 1.50 bits per heavy atom. The lowest BCUT2D eigenvalue weighted by Crippen LogP contribution is -2.48. The number of hydrogen-bond acceptors (Lipinski definition) is 3. The van der Waals surface area contributed by atoms with Gasteiger partial charge in [-0.3, -0.25) is 0 Å². The zero-order valence-electron chi connectivity index (χ0n) is 9.16. The zero-order chi connectivity index (χ0) is 11.7. The van der Waals surface area contributed by atoms with Crippen LogP contribution in [0.4, 0.5) is 5.82 Å². The third-order valence-electron chi connectivity index (χ3n) is 3.10. The Labute approximate surface area is 106 Å². The van der Waals surface area contributed by atoms with Gasteiger partial charge in [0.05, 0.1) is 10.0 Å². The van der Waals surface area contributed by atoms with Crippen LogP contribution in [-0.4, -0.2) is 24.1 Å². The lowest BCUT2D eigenvalue weighted by atomic mass is 9.94. The maximum Gasteiger partial charge on any atom is 0.147 e. The molecule has 2 unspecified atom stereocenters. The van der Waals surface area contributed by atoms with Gasteiger partial charge in [0.15, 0.2) is 0 Å². The van der Waals surface area contributed by atoms with Crippen LogP contribution in [0.25, 0.3) is 0 Å². The number of rotatable bonds is 1. The summed E-state index contributed by atoms with van der Waals surface area (Å²) in [5.41, 5.74) is 6.05. The molecule has 0 amide bonds. The fourth-order valence-electron chi connectivity index (χ4n) is 1.93. The van der Waals surface area contributed by atoms with E-state index in [1.54, 1.807) is 12.3 Å². The average molecular weight is 260 g/mol. The minimum Gasteiger partial charge on any atom is -0.354 e. The topological polar surface area (TPSA) is 42.2 Å². The summed E-state index contributed by atoms with van der Waals surface area (Å²) in [7, 11) is 0. The molecule has 3 nitrogen and oxygen atoms in total. The molecule has 1 saturated heterocycles. The number of anilines is 1. The van der Waals surface area contributed by atoms with Crippen LogP contribution in [0.15, 0.2) is 12.3 Å². The molecule has 1 fully saturated rings. The summed E-state index contributed by atoms with van der Waals surface area (Å²) >= 11 is 11.9. The summed E-state index contributed by atoms with van der Waals surface area (Å²) in [5.74, 6) is 1.34. The van der Waals surface area contributed by atoms with Crippen LogP contribution in [0.3, 0.4) is 0 Å². The Hall–Kier alpha value is -0.510. The number of pyridine rings is 1. The van der Waals surface area contributed by atoms with Crippen molar-refractivity contribution in [3.63, 3.8) is 0 Å². The van der Waals surface area contributed by atoms with Crippen molar-refractivity contribution in [2.24, 2.45) is 11.7 Å². The highest BCUT2D eigenvalue weighted by Crippen LogP contribution is 2.28. The summed E-state index contributed by atoms with van der Waals surface area (Å²) in [6.07, 6.45) is 2.69. The second kappa shape index (κ2) is 4.78. The summed E-state index contributed by atoms with van der Waals surface area (Å²) in [6, 6.07) is 1.90. The monoisotopic (exact) mass is 259 g/mol. The Kier molecular flexibility index (Phi) is 3.57. The minimum atomic E-state index is 0.183. The van der Waals surface area contributed by atoms with E-state index in [0.717, 1.165) is 25.3 Å². The second-order valence-electron chi connectivity index (χ2n) is 4.33. The van der Waals surface area contributed by atoms with Gasteiger partial charge in [0.1, 0.15) is 5.82 Å². The van der Waals surface area contributed by atoms with Crippen LogP contribution in [0.1, 0.15) is 13.3 Å². The molecule has 0 saturated carbocycles. The van der Waals surface area contributed by atoms with E-state index in [0.29, 0.717) is 16.0 Å². The van der Waals surface area contributed by atoms with Gasteiger partial charge in [-0.25, -0.2) is 4.98 Å². The van der Waals surface area contributed by atoms with Crippen molar-refractivity contribution in [2.45, 2.75) is 19.4 Å². The highest BCUT2D eigenvalue weighted by atomic mass is 35.5. The standard InChI is InChI=1S/C11H15Cl2N3/c1-7-2-3-16(6-10(7)14)11-9(13)4-8(12)5-15-11/h4-5,7,10H,2-3,6,14H2,1H3. The van der Waals surface area contributed by atoms with E-state index in [2.05, 4.69) is 16.8 Å². The van der Waals surface area contributed by atoms with E-state index >= 15 is 0 Å². The Morgan fingerprint density at radius 2 is 2.25 bits per heavy atom. The van der Waals surface area contributed by atoms with E-state index in [1.807, 2.05) is 0 Å². The van der Waals surface area contributed by atoms with Crippen LogP contribution in [0.2, 0.25) is 10.0 Å². The van der Waals surface area contributed by atoms with Crippen molar-refractivity contribution in [3.8, 4) is 0 Å². The molecule has 2 atom stereocenters. The highest BCUT2D eigenvalue weighted by Gasteiger charge is 2.25. The molecule has 0 radical (unpaired) electrons. The minimum absolute atomic E-state index is 0.183. The number of piperidine rings is 1. The largest absolute Gasteiger partial charge is 0.354 e. The molecule has 0 bridgehead atoms.